The zero-order chi connectivity index (χ0) is 10.2. The van der Waals surface area contributed by atoms with Crippen molar-refractivity contribution in [3.8, 4) is 0 Å². The highest BCUT2D eigenvalue weighted by Gasteiger charge is 2.23. The lowest BCUT2D eigenvalue weighted by molar-refractivity contribution is 0.260. The molecule has 0 bridgehead atoms. The van der Waals surface area contributed by atoms with Crippen molar-refractivity contribution in [1.29, 1.82) is 0 Å². The minimum atomic E-state index is 0.123. The highest BCUT2D eigenvalue weighted by Crippen LogP contribution is 2.32. The monoisotopic (exact) mass is 249 g/mol. The molecule has 0 aromatic carbocycles. The summed E-state index contributed by atoms with van der Waals surface area (Å²) in [6, 6.07) is 1.04. The Balaban J connectivity index is 1.81. The van der Waals surface area contributed by atoms with Crippen LogP contribution in [-0.4, -0.2) is 45.4 Å². The number of carbonyl (C=O) groups excluding carboxylic acids is 1. The minimum absolute atomic E-state index is 0.123. The Hall–Kier alpha value is 0.347. The quantitative estimate of drug-likeness (QED) is 0.423. The number of amides is 1. The second-order valence-electron chi connectivity index (χ2n) is 2.93. The summed E-state index contributed by atoms with van der Waals surface area (Å²) in [6.07, 6.45) is 1.01. The molecule has 2 radical (unpaired) electrons. The average molecular weight is 249 g/mol. The van der Waals surface area contributed by atoms with Crippen LogP contribution >= 0.6 is 23.5 Å². The Morgan fingerprint density at radius 1 is 1.79 bits per heavy atom. The fourth-order valence-corrected chi connectivity index (χ4v) is 3.01. The van der Waals surface area contributed by atoms with Gasteiger partial charge in [-0.3, -0.25) is 4.79 Å². The summed E-state index contributed by atoms with van der Waals surface area (Å²) in [6.45, 7) is 0.778. The maximum absolute atomic E-state index is 11.2. The van der Waals surface area contributed by atoms with E-state index in [1.54, 1.807) is 7.11 Å². The van der Waals surface area contributed by atoms with E-state index in [0.29, 0.717) is 9.76 Å². The Morgan fingerprint density at radius 2 is 2.57 bits per heavy atom. The summed E-state index contributed by atoms with van der Waals surface area (Å²) < 4.78 is 4.94. The molecule has 6 heteroatoms. The standard InChI is InChI=1S/C8H15NO2S2Si/c1-11-14-4-2-3-9-8(10)13-6-7-5-12-7/h7H,2-6H2,1H3,(H,9,10). The molecule has 1 N–H and O–H groups in total. The van der Waals surface area contributed by atoms with Gasteiger partial charge in [0, 0.05) is 30.4 Å². The van der Waals surface area contributed by atoms with Crippen LogP contribution in [0, 0.1) is 0 Å². The van der Waals surface area contributed by atoms with Crippen LogP contribution in [0.25, 0.3) is 0 Å². The van der Waals surface area contributed by atoms with Gasteiger partial charge in [0.1, 0.15) is 0 Å². The maximum atomic E-state index is 11.2. The van der Waals surface area contributed by atoms with Crippen molar-refractivity contribution < 1.29 is 9.22 Å². The van der Waals surface area contributed by atoms with Crippen molar-refractivity contribution in [2.45, 2.75) is 17.7 Å². The third-order valence-corrected chi connectivity index (χ3v) is 4.68. The first-order chi connectivity index (χ1) is 6.83. The second kappa shape index (κ2) is 7.61. The molecule has 3 nitrogen and oxygen atoms in total. The van der Waals surface area contributed by atoms with Crippen molar-refractivity contribution in [3.05, 3.63) is 0 Å². The summed E-state index contributed by atoms with van der Waals surface area (Å²) >= 11 is 3.34. The molecule has 0 spiro atoms. The van der Waals surface area contributed by atoms with Crippen molar-refractivity contribution in [2.24, 2.45) is 0 Å². The lowest BCUT2D eigenvalue weighted by atomic mass is 10.5. The molecule has 1 amide bonds. The Morgan fingerprint density at radius 3 is 3.21 bits per heavy atom. The third-order valence-electron chi connectivity index (χ3n) is 1.67. The fraction of sp³-hybridized carbons (Fsp3) is 0.875. The third kappa shape index (κ3) is 6.75. The zero-order valence-corrected chi connectivity index (χ0v) is 10.9. The molecule has 0 aromatic rings. The Bertz CT molecular complexity index is 179. The lowest BCUT2D eigenvalue weighted by Crippen LogP contribution is -2.21. The average Bonchev–Trinajstić information content (AvgIpc) is 2.98. The van der Waals surface area contributed by atoms with Gasteiger partial charge >= 0.3 is 0 Å². The van der Waals surface area contributed by atoms with Gasteiger partial charge < -0.3 is 9.74 Å². The smallest absolute Gasteiger partial charge is 0.279 e. The fourth-order valence-electron chi connectivity index (χ4n) is 0.837. The Labute approximate surface area is 96.1 Å². The SMILES string of the molecule is CO[Si]CCCNC(=O)SCC1CS1. The summed E-state index contributed by atoms with van der Waals surface area (Å²) in [5.74, 6) is 2.20. The molecule has 80 valence electrons. The van der Waals surface area contributed by atoms with Gasteiger partial charge in [-0.15, -0.1) is 0 Å². The molecular weight excluding hydrogens is 234 g/mol. The highest BCUT2D eigenvalue weighted by atomic mass is 32.2. The summed E-state index contributed by atoms with van der Waals surface area (Å²) in [5, 5.41) is 3.75. The van der Waals surface area contributed by atoms with Gasteiger partial charge in [0.25, 0.3) is 5.24 Å². The number of hydrogen-bond acceptors (Lipinski definition) is 4. The van der Waals surface area contributed by atoms with E-state index in [2.05, 4.69) is 5.32 Å². The largest absolute Gasteiger partial charge is 0.421 e. The predicted molar refractivity (Wildman–Crippen MR) is 64.3 cm³/mol. The van der Waals surface area contributed by atoms with E-state index in [-0.39, 0.29) is 5.24 Å². The van der Waals surface area contributed by atoms with Gasteiger partial charge in [-0.1, -0.05) is 11.8 Å². The van der Waals surface area contributed by atoms with Gasteiger partial charge in [-0.05, 0) is 12.5 Å². The van der Waals surface area contributed by atoms with Crippen molar-refractivity contribution in [1.82, 2.24) is 5.32 Å². The number of nitrogens with one attached hydrogen (secondary N) is 1. The number of rotatable bonds is 7. The van der Waals surface area contributed by atoms with Crippen LogP contribution in [0.2, 0.25) is 6.04 Å². The molecule has 1 fully saturated rings. The van der Waals surface area contributed by atoms with E-state index in [4.69, 9.17) is 4.43 Å². The molecule has 14 heavy (non-hydrogen) atoms. The first-order valence-electron chi connectivity index (χ1n) is 4.61. The van der Waals surface area contributed by atoms with E-state index in [0.717, 1.165) is 30.0 Å². The Kier molecular flexibility index (Phi) is 6.75. The molecular formula is C8H15NO2S2Si. The van der Waals surface area contributed by atoms with E-state index in [1.807, 2.05) is 11.8 Å². The van der Waals surface area contributed by atoms with E-state index in [1.165, 1.54) is 17.5 Å². The van der Waals surface area contributed by atoms with Crippen molar-refractivity contribution >= 4 is 38.5 Å². The van der Waals surface area contributed by atoms with Crippen LogP contribution in [0.15, 0.2) is 0 Å². The summed E-state index contributed by atoms with van der Waals surface area (Å²) in [4.78, 5) is 11.2. The molecule has 1 heterocycles. The van der Waals surface area contributed by atoms with Gasteiger partial charge in [-0.25, -0.2) is 0 Å². The first kappa shape index (κ1) is 12.4. The molecule has 1 atom stereocenters. The molecule has 0 aliphatic carbocycles. The zero-order valence-electron chi connectivity index (χ0n) is 8.25. The first-order valence-corrected chi connectivity index (χ1v) is 7.76. The van der Waals surface area contributed by atoms with Crippen molar-refractivity contribution in [2.75, 3.05) is 25.2 Å². The normalized spacial score (nSPS) is 19.4. The molecule has 1 unspecified atom stereocenters. The van der Waals surface area contributed by atoms with Crippen LogP contribution in [-0.2, 0) is 4.43 Å². The van der Waals surface area contributed by atoms with Crippen LogP contribution in [0.5, 0.6) is 0 Å². The summed E-state index contributed by atoms with van der Waals surface area (Å²) in [5.41, 5.74) is 0. The van der Waals surface area contributed by atoms with E-state index >= 15 is 0 Å². The van der Waals surface area contributed by atoms with Crippen LogP contribution in [0.4, 0.5) is 4.79 Å². The van der Waals surface area contributed by atoms with Crippen LogP contribution < -0.4 is 5.32 Å². The van der Waals surface area contributed by atoms with Gasteiger partial charge in [-0.2, -0.15) is 11.8 Å². The lowest BCUT2D eigenvalue weighted by Gasteiger charge is -2.02. The molecule has 0 aromatic heterocycles. The second-order valence-corrected chi connectivity index (χ2v) is 6.46. The van der Waals surface area contributed by atoms with Gasteiger partial charge in [0.2, 0.25) is 9.76 Å². The van der Waals surface area contributed by atoms with Crippen LogP contribution in [0.3, 0.4) is 0 Å². The number of carbonyl (C=O) groups is 1. The molecule has 1 saturated heterocycles. The topological polar surface area (TPSA) is 38.3 Å². The van der Waals surface area contributed by atoms with E-state index < -0.39 is 0 Å². The number of thioether (sulfide) groups is 2. The van der Waals surface area contributed by atoms with Gasteiger partial charge in [0.15, 0.2) is 0 Å². The minimum Gasteiger partial charge on any atom is -0.421 e. The number of hydrogen-bond donors (Lipinski definition) is 1. The van der Waals surface area contributed by atoms with Crippen molar-refractivity contribution in [3.63, 3.8) is 0 Å². The van der Waals surface area contributed by atoms with Crippen LogP contribution in [0.1, 0.15) is 6.42 Å². The van der Waals surface area contributed by atoms with E-state index in [9.17, 15) is 4.79 Å². The molecule has 1 aliphatic rings. The summed E-state index contributed by atoms with van der Waals surface area (Å²) in [7, 11) is 2.27. The molecule has 0 saturated carbocycles. The molecule has 1 rings (SSSR count). The van der Waals surface area contributed by atoms with Gasteiger partial charge in [0.05, 0.1) is 0 Å². The maximum Gasteiger partial charge on any atom is 0.279 e. The highest BCUT2D eigenvalue weighted by molar-refractivity contribution is 8.15. The predicted octanol–water partition coefficient (Wildman–Crippen LogP) is 1.62. The molecule has 1 aliphatic heterocycles.